The summed E-state index contributed by atoms with van der Waals surface area (Å²) >= 11 is 0. The van der Waals surface area contributed by atoms with Gasteiger partial charge in [-0.2, -0.15) is 0 Å². The molecule has 0 saturated carbocycles. The summed E-state index contributed by atoms with van der Waals surface area (Å²) in [5.74, 6) is 0.352. The van der Waals surface area contributed by atoms with E-state index in [4.69, 9.17) is 0 Å². The van der Waals surface area contributed by atoms with E-state index in [1.165, 1.54) is 6.92 Å². The van der Waals surface area contributed by atoms with Gasteiger partial charge in [0.1, 0.15) is 0 Å². The van der Waals surface area contributed by atoms with Gasteiger partial charge in [-0.15, -0.1) is 0 Å². The number of benzene rings is 1. The molecule has 0 aliphatic heterocycles. The molecule has 0 radical (unpaired) electrons. The molecule has 8 heteroatoms. The zero-order chi connectivity index (χ0) is 16.8. The average Bonchev–Trinajstić information content (AvgIpc) is 2.51. The number of nitrogens with one attached hydrogen (secondary N) is 2. The lowest BCUT2D eigenvalue weighted by molar-refractivity contribution is 0.571. The van der Waals surface area contributed by atoms with Crippen molar-refractivity contribution in [2.24, 2.45) is 0 Å². The van der Waals surface area contributed by atoms with E-state index in [1.54, 1.807) is 12.1 Å². The highest BCUT2D eigenvalue weighted by atomic mass is 32.2. The predicted octanol–water partition coefficient (Wildman–Crippen LogP) is 1.42. The average molecular weight is 348 g/mol. The Labute approximate surface area is 133 Å². The predicted molar refractivity (Wildman–Crippen MR) is 87.8 cm³/mol. The number of rotatable bonds is 9. The van der Waals surface area contributed by atoms with Gasteiger partial charge in [-0.1, -0.05) is 26.0 Å². The number of sulfonamides is 2. The second-order valence-corrected chi connectivity index (χ2v) is 8.94. The number of hydrogen-bond donors (Lipinski definition) is 2. The Balaban J connectivity index is 2.63. The first-order valence-corrected chi connectivity index (χ1v) is 10.4. The van der Waals surface area contributed by atoms with Crippen molar-refractivity contribution in [3.63, 3.8) is 0 Å². The van der Waals surface area contributed by atoms with Crippen molar-refractivity contribution in [2.75, 3.05) is 18.8 Å². The minimum atomic E-state index is -3.62. The van der Waals surface area contributed by atoms with E-state index >= 15 is 0 Å². The Kier molecular flexibility index (Phi) is 6.98. The SMILES string of the molecule is CCC(C)c1ccc(S(=O)(=O)NCCNS(=O)(=O)CC)cc1. The molecule has 0 heterocycles. The second kappa shape index (κ2) is 8.05. The van der Waals surface area contributed by atoms with Crippen LogP contribution < -0.4 is 9.44 Å². The summed E-state index contributed by atoms with van der Waals surface area (Å²) in [6.45, 7) is 5.72. The van der Waals surface area contributed by atoms with E-state index in [0.29, 0.717) is 5.92 Å². The van der Waals surface area contributed by atoms with Gasteiger partial charge in [0.05, 0.1) is 10.6 Å². The summed E-state index contributed by atoms with van der Waals surface area (Å²) < 4.78 is 51.3. The third-order valence-corrected chi connectivity index (χ3v) is 6.37. The molecule has 126 valence electrons. The van der Waals surface area contributed by atoms with Crippen molar-refractivity contribution in [3.8, 4) is 0 Å². The smallest absolute Gasteiger partial charge is 0.214 e. The topological polar surface area (TPSA) is 92.3 Å². The summed E-state index contributed by atoms with van der Waals surface area (Å²) in [7, 11) is -6.92. The maximum absolute atomic E-state index is 12.1. The molecule has 1 rings (SSSR count). The zero-order valence-corrected chi connectivity index (χ0v) is 14.8. The van der Waals surface area contributed by atoms with Crippen LogP contribution in [0.3, 0.4) is 0 Å². The third kappa shape index (κ3) is 5.68. The first-order valence-electron chi connectivity index (χ1n) is 7.28. The molecule has 0 bridgehead atoms. The minimum Gasteiger partial charge on any atom is -0.214 e. The van der Waals surface area contributed by atoms with Crippen LogP contribution in [0.5, 0.6) is 0 Å². The summed E-state index contributed by atoms with van der Waals surface area (Å²) in [4.78, 5) is 0.179. The van der Waals surface area contributed by atoms with E-state index in [1.807, 2.05) is 12.1 Å². The molecule has 22 heavy (non-hydrogen) atoms. The van der Waals surface area contributed by atoms with E-state index < -0.39 is 20.0 Å². The molecule has 0 amide bonds. The third-order valence-electron chi connectivity index (χ3n) is 3.49. The monoisotopic (exact) mass is 348 g/mol. The van der Waals surface area contributed by atoms with Gasteiger partial charge in [0.15, 0.2) is 0 Å². The van der Waals surface area contributed by atoms with Crippen LogP contribution in [-0.2, 0) is 20.0 Å². The Morgan fingerprint density at radius 3 is 2.00 bits per heavy atom. The van der Waals surface area contributed by atoms with Gasteiger partial charge in [0.25, 0.3) is 0 Å². The summed E-state index contributed by atoms with van der Waals surface area (Å²) in [6, 6.07) is 6.76. The van der Waals surface area contributed by atoms with E-state index in [2.05, 4.69) is 23.3 Å². The lowest BCUT2D eigenvalue weighted by Crippen LogP contribution is -2.35. The Morgan fingerprint density at radius 1 is 0.955 bits per heavy atom. The fourth-order valence-electron chi connectivity index (χ4n) is 1.79. The van der Waals surface area contributed by atoms with Crippen LogP contribution in [0.15, 0.2) is 29.2 Å². The highest BCUT2D eigenvalue weighted by Gasteiger charge is 2.14. The van der Waals surface area contributed by atoms with Gasteiger partial charge in [-0.25, -0.2) is 26.3 Å². The summed E-state index contributed by atoms with van der Waals surface area (Å²) in [6.07, 6.45) is 0.988. The lowest BCUT2D eigenvalue weighted by atomic mass is 9.99. The maximum atomic E-state index is 12.1. The lowest BCUT2D eigenvalue weighted by Gasteiger charge is -2.11. The molecular formula is C14H24N2O4S2. The Morgan fingerprint density at radius 2 is 1.50 bits per heavy atom. The van der Waals surface area contributed by atoms with Crippen LogP contribution in [0.25, 0.3) is 0 Å². The highest BCUT2D eigenvalue weighted by Crippen LogP contribution is 2.20. The van der Waals surface area contributed by atoms with Gasteiger partial charge >= 0.3 is 0 Å². The molecule has 1 aromatic rings. The van der Waals surface area contributed by atoms with Gasteiger partial charge < -0.3 is 0 Å². The maximum Gasteiger partial charge on any atom is 0.240 e. The molecule has 0 spiro atoms. The van der Waals surface area contributed by atoms with Crippen molar-refractivity contribution in [3.05, 3.63) is 29.8 Å². The van der Waals surface area contributed by atoms with Crippen molar-refractivity contribution < 1.29 is 16.8 Å². The summed E-state index contributed by atoms with van der Waals surface area (Å²) in [5.41, 5.74) is 1.09. The van der Waals surface area contributed by atoms with E-state index in [0.717, 1.165) is 12.0 Å². The Hall–Kier alpha value is -0.960. The fraction of sp³-hybridized carbons (Fsp3) is 0.571. The second-order valence-electron chi connectivity index (χ2n) is 5.07. The van der Waals surface area contributed by atoms with E-state index in [9.17, 15) is 16.8 Å². The van der Waals surface area contributed by atoms with Gasteiger partial charge in [-0.3, -0.25) is 0 Å². The molecule has 0 fully saturated rings. The van der Waals surface area contributed by atoms with Crippen molar-refractivity contribution in [1.82, 2.24) is 9.44 Å². The van der Waals surface area contributed by atoms with Crippen molar-refractivity contribution in [2.45, 2.75) is 38.0 Å². The fourth-order valence-corrected chi connectivity index (χ4v) is 3.44. The van der Waals surface area contributed by atoms with Gasteiger partial charge in [0, 0.05) is 13.1 Å². The standard InChI is InChI=1S/C14H24N2O4S2/c1-4-12(3)13-6-8-14(9-7-13)22(19,20)16-11-10-15-21(17,18)5-2/h6-9,12,15-16H,4-5,10-11H2,1-3H3. The molecule has 1 aromatic carbocycles. The largest absolute Gasteiger partial charge is 0.240 e. The molecule has 0 aliphatic carbocycles. The zero-order valence-electron chi connectivity index (χ0n) is 13.2. The molecule has 2 N–H and O–H groups in total. The first-order chi connectivity index (χ1) is 10.2. The summed E-state index contributed by atoms with van der Waals surface area (Å²) in [5, 5.41) is 0. The minimum absolute atomic E-state index is 0.00861. The van der Waals surface area contributed by atoms with Crippen LogP contribution in [0, 0.1) is 0 Å². The number of hydrogen-bond acceptors (Lipinski definition) is 4. The van der Waals surface area contributed by atoms with Gasteiger partial charge in [0.2, 0.25) is 20.0 Å². The molecular weight excluding hydrogens is 324 g/mol. The van der Waals surface area contributed by atoms with Crippen LogP contribution >= 0.6 is 0 Å². The van der Waals surface area contributed by atoms with E-state index in [-0.39, 0.29) is 23.7 Å². The quantitative estimate of drug-likeness (QED) is 0.660. The van der Waals surface area contributed by atoms with Crippen LogP contribution in [0.1, 0.15) is 38.7 Å². The molecule has 1 unspecified atom stereocenters. The van der Waals surface area contributed by atoms with Gasteiger partial charge in [-0.05, 0) is 37.0 Å². The molecule has 6 nitrogen and oxygen atoms in total. The van der Waals surface area contributed by atoms with Crippen molar-refractivity contribution in [1.29, 1.82) is 0 Å². The normalized spacial score (nSPS) is 14.0. The molecule has 0 aliphatic rings. The molecule has 0 saturated heterocycles. The van der Waals surface area contributed by atoms with Crippen LogP contribution in [-0.4, -0.2) is 35.7 Å². The van der Waals surface area contributed by atoms with Crippen LogP contribution in [0.2, 0.25) is 0 Å². The molecule has 0 aromatic heterocycles. The Bertz CT molecular complexity index is 667. The molecule has 1 atom stereocenters. The van der Waals surface area contributed by atoms with Crippen molar-refractivity contribution >= 4 is 20.0 Å². The van der Waals surface area contributed by atoms with Crippen LogP contribution in [0.4, 0.5) is 0 Å². The first kappa shape index (κ1) is 19.1. The highest BCUT2D eigenvalue weighted by molar-refractivity contribution is 7.89.